The first-order valence-corrected chi connectivity index (χ1v) is 9.98. The maximum Gasteiger partial charge on any atom is 0.251 e. The number of hydrogen-bond acceptors (Lipinski definition) is 3. The highest BCUT2D eigenvalue weighted by molar-refractivity contribution is 5.94. The fourth-order valence-corrected chi connectivity index (χ4v) is 4.74. The molecule has 0 aliphatic carbocycles. The van der Waals surface area contributed by atoms with E-state index in [1.165, 1.54) is 24.8 Å². The van der Waals surface area contributed by atoms with Crippen LogP contribution >= 0.6 is 0 Å². The smallest absolute Gasteiger partial charge is 0.251 e. The summed E-state index contributed by atoms with van der Waals surface area (Å²) in [5.74, 6) is 1.02. The summed E-state index contributed by atoms with van der Waals surface area (Å²) in [4.78, 5) is 15.2. The predicted octanol–water partition coefficient (Wildman–Crippen LogP) is 4.01. The van der Waals surface area contributed by atoms with E-state index in [4.69, 9.17) is 4.74 Å². The quantitative estimate of drug-likeness (QED) is 0.872. The highest BCUT2D eigenvalue weighted by Gasteiger charge is 2.38. The van der Waals surface area contributed by atoms with Crippen LogP contribution in [0.1, 0.15) is 48.0 Å². The molecule has 4 heteroatoms. The first-order chi connectivity index (χ1) is 13.2. The van der Waals surface area contributed by atoms with E-state index < -0.39 is 0 Å². The Kier molecular flexibility index (Phi) is 5.44. The summed E-state index contributed by atoms with van der Waals surface area (Å²) in [5, 5.41) is 3.28. The van der Waals surface area contributed by atoms with Crippen molar-refractivity contribution >= 4 is 5.91 Å². The van der Waals surface area contributed by atoms with E-state index in [0.29, 0.717) is 12.1 Å². The lowest BCUT2D eigenvalue weighted by atomic mass is 9.81. The zero-order valence-corrected chi connectivity index (χ0v) is 15.9. The number of benzene rings is 2. The van der Waals surface area contributed by atoms with Gasteiger partial charge in [-0.1, -0.05) is 42.8 Å². The summed E-state index contributed by atoms with van der Waals surface area (Å²) in [6, 6.07) is 19.2. The molecular formula is C23H28N2O2. The predicted molar refractivity (Wildman–Crippen MR) is 107 cm³/mol. The van der Waals surface area contributed by atoms with Crippen LogP contribution in [0.5, 0.6) is 5.75 Å². The number of para-hydroxylation sites is 1. The summed E-state index contributed by atoms with van der Waals surface area (Å²) >= 11 is 0. The number of rotatable bonds is 5. The largest absolute Gasteiger partial charge is 0.496 e. The number of methoxy groups -OCH3 is 1. The Hall–Kier alpha value is -2.33. The topological polar surface area (TPSA) is 41.6 Å². The van der Waals surface area contributed by atoms with Crippen molar-refractivity contribution < 1.29 is 9.53 Å². The molecule has 2 aliphatic rings. The van der Waals surface area contributed by atoms with Crippen LogP contribution in [0.15, 0.2) is 54.6 Å². The number of hydrogen-bond donors (Lipinski definition) is 1. The molecule has 0 spiro atoms. The minimum atomic E-state index is 0.0526. The first-order valence-electron chi connectivity index (χ1n) is 9.98. The molecule has 4 nitrogen and oxygen atoms in total. The normalized spacial score (nSPS) is 25.0. The second-order valence-corrected chi connectivity index (χ2v) is 7.73. The number of amides is 1. The van der Waals surface area contributed by atoms with Crippen molar-refractivity contribution in [3.05, 3.63) is 65.7 Å². The molecule has 2 aromatic carbocycles. The van der Waals surface area contributed by atoms with Gasteiger partial charge in [0, 0.05) is 35.8 Å². The van der Waals surface area contributed by atoms with Gasteiger partial charge in [-0.15, -0.1) is 0 Å². The van der Waals surface area contributed by atoms with Crippen molar-refractivity contribution in [1.82, 2.24) is 10.2 Å². The van der Waals surface area contributed by atoms with Crippen LogP contribution < -0.4 is 10.1 Å². The van der Waals surface area contributed by atoms with Gasteiger partial charge in [0.05, 0.1) is 7.11 Å². The number of carbonyl (C=O) groups is 1. The third-order valence-corrected chi connectivity index (χ3v) is 6.04. The Balaban J connectivity index is 1.44. The van der Waals surface area contributed by atoms with Gasteiger partial charge in [-0.25, -0.2) is 0 Å². The van der Waals surface area contributed by atoms with E-state index in [1.807, 2.05) is 42.5 Å². The second-order valence-electron chi connectivity index (χ2n) is 7.73. The van der Waals surface area contributed by atoms with Crippen molar-refractivity contribution in [3.63, 3.8) is 0 Å². The van der Waals surface area contributed by atoms with Crippen molar-refractivity contribution in [2.45, 2.75) is 56.8 Å². The number of piperidine rings is 2. The molecule has 1 N–H and O–H groups in total. The Morgan fingerprint density at radius 2 is 1.70 bits per heavy atom. The summed E-state index contributed by atoms with van der Waals surface area (Å²) in [6.07, 6.45) is 5.78. The van der Waals surface area contributed by atoms with Crippen LogP contribution in [0.3, 0.4) is 0 Å². The van der Waals surface area contributed by atoms with E-state index >= 15 is 0 Å². The summed E-state index contributed by atoms with van der Waals surface area (Å²) in [7, 11) is 1.74. The lowest BCUT2D eigenvalue weighted by molar-refractivity contribution is 0.0172. The lowest BCUT2D eigenvalue weighted by Gasteiger charge is -2.49. The highest BCUT2D eigenvalue weighted by Crippen LogP contribution is 2.36. The molecule has 142 valence electrons. The molecule has 4 rings (SSSR count). The van der Waals surface area contributed by atoms with E-state index in [0.717, 1.165) is 30.7 Å². The molecular weight excluding hydrogens is 336 g/mol. The zero-order valence-electron chi connectivity index (χ0n) is 15.9. The molecule has 2 saturated heterocycles. The fourth-order valence-electron chi connectivity index (χ4n) is 4.74. The summed E-state index contributed by atoms with van der Waals surface area (Å²) in [5.41, 5.74) is 2.00. The van der Waals surface area contributed by atoms with Gasteiger partial charge in [-0.3, -0.25) is 9.69 Å². The van der Waals surface area contributed by atoms with Gasteiger partial charge >= 0.3 is 0 Å². The standard InChI is InChI=1S/C23H28N2O2/c1-27-22-13-6-5-10-18(22)16-25-20-11-7-12-21(25)15-19(14-20)24-23(26)17-8-3-2-4-9-17/h2-6,8-10,13,19-21H,7,11-12,14-16H2,1H3,(H,24,26)/t20-,21-/m1/s1. The van der Waals surface area contributed by atoms with Gasteiger partial charge in [0.1, 0.15) is 5.75 Å². The van der Waals surface area contributed by atoms with Gasteiger partial charge in [0.15, 0.2) is 0 Å². The number of nitrogens with zero attached hydrogens (tertiary/aromatic N) is 1. The molecule has 2 atom stereocenters. The molecule has 1 amide bonds. The average Bonchev–Trinajstić information content (AvgIpc) is 2.69. The Morgan fingerprint density at radius 1 is 1.04 bits per heavy atom. The van der Waals surface area contributed by atoms with Crippen molar-refractivity contribution in [1.29, 1.82) is 0 Å². The first kappa shape index (κ1) is 18.1. The van der Waals surface area contributed by atoms with Gasteiger partial charge in [0.2, 0.25) is 0 Å². The van der Waals surface area contributed by atoms with Crippen LogP contribution in [-0.2, 0) is 6.54 Å². The van der Waals surface area contributed by atoms with Crippen LogP contribution in [0.25, 0.3) is 0 Å². The van der Waals surface area contributed by atoms with Gasteiger partial charge in [-0.05, 0) is 43.9 Å². The SMILES string of the molecule is COc1ccccc1CN1[C@@H]2CCC[C@@H]1CC(NC(=O)c1ccccc1)C2. The van der Waals surface area contributed by atoms with Crippen LogP contribution in [-0.4, -0.2) is 36.0 Å². The van der Waals surface area contributed by atoms with Gasteiger partial charge < -0.3 is 10.1 Å². The highest BCUT2D eigenvalue weighted by atomic mass is 16.5. The molecule has 0 aromatic heterocycles. The van der Waals surface area contributed by atoms with Crippen LogP contribution in [0.2, 0.25) is 0 Å². The van der Waals surface area contributed by atoms with E-state index in [2.05, 4.69) is 22.3 Å². The third kappa shape index (κ3) is 4.01. The number of carbonyl (C=O) groups excluding carboxylic acids is 1. The van der Waals surface area contributed by atoms with E-state index in [1.54, 1.807) is 7.11 Å². The Morgan fingerprint density at radius 3 is 2.41 bits per heavy atom. The van der Waals surface area contributed by atoms with Crippen molar-refractivity contribution in [2.24, 2.45) is 0 Å². The van der Waals surface area contributed by atoms with E-state index in [9.17, 15) is 4.79 Å². The minimum Gasteiger partial charge on any atom is -0.496 e. The molecule has 27 heavy (non-hydrogen) atoms. The van der Waals surface area contributed by atoms with Crippen molar-refractivity contribution in [3.8, 4) is 5.75 Å². The third-order valence-electron chi connectivity index (χ3n) is 6.04. The maximum absolute atomic E-state index is 12.5. The molecule has 2 bridgehead atoms. The number of fused-ring (bicyclic) bond motifs is 2. The monoisotopic (exact) mass is 364 g/mol. The molecule has 2 aromatic rings. The van der Waals surface area contributed by atoms with Crippen LogP contribution in [0, 0.1) is 0 Å². The molecule has 0 unspecified atom stereocenters. The van der Waals surface area contributed by atoms with Crippen LogP contribution in [0.4, 0.5) is 0 Å². The summed E-state index contributed by atoms with van der Waals surface area (Å²) in [6.45, 7) is 0.929. The molecule has 2 aliphatic heterocycles. The Bertz CT molecular complexity index is 763. The minimum absolute atomic E-state index is 0.0526. The van der Waals surface area contributed by atoms with E-state index in [-0.39, 0.29) is 11.9 Å². The summed E-state index contributed by atoms with van der Waals surface area (Å²) < 4.78 is 5.55. The average molecular weight is 364 g/mol. The second kappa shape index (κ2) is 8.13. The lowest BCUT2D eigenvalue weighted by Crippen LogP contribution is -2.56. The number of ether oxygens (including phenoxy) is 1. The zero-order chi connectivity index (χ0) is 18.6. The molecule has 2 fully saturated rings. The van der Waals surface area contributed by atoms with Gasteiger partial charge in [-0.2, -0.15) is 0 Å². The molecule has 0 saturated carbocycles. The fraction of sp³-hybridized carbons (Fsp3) is 0.435. The molecule has 2 heterocycles. The Labute approximate surface area is 161 Å². The van der Waals surface area contributed by atoms with Crippen molar-refractivity contribution in [2.75, 3.05) is 7.11 Å². The maximum atomic E-state index is 12.5. The number of nitrogens with one attached hydrogen (secondary N) is 1. The molecule has 0 radical (unpaired) electrons. The van der Waals surface area contributed by atoms with Gasteiger partial charge in [0.25, 0.3) is 5.91 Å².